The van der Waals surface area contributed by atoms with Gasteiger partial charge in [-0.05, 0) is 0 Å². The summed E-state index contributed by atoms with van der Waals surface area (Å²) in [5.41, 5.74) is 0.931. The van der Waals surface area contributed by atoms with Crippen LogP contribution >= 0.6 is 11.8 Å². The maximum absolute atomic E-state index is 10.9. The Morgan fingerprint density at radius 1 is 1.44 bits per heavy atom. The van der Waals surface area contributed by atoms with Gasteiger partial charge < -0.3 is 4.74 Å². The van der Waals surface area contributed by atoms with Gasteiger partial charge in [0.15, 0.2) is 12.4 Å². The fourth-order valence-electron chi connectivity index (χ4n) is 1.02. The molecular weight excluding hydrogens is 136 g/mol. The van der Waals surface area contributed by atoms with E-state index in [4.69, 9.17) is 4.74 Å². The Hall–Kier alpha value is -0.440. The summed E-state index contributed by atoms with van der Waals surface area (Å²) in [6.07, 6.45) is 0. The lowest BCUT2D eigenvalue weighted by Crippen LogP contribution is -2.02. The third-order valence-electron chi connectivity index (χ3n) is 1.53. The first-order chi connectivity index (χ1) is 4.38. The summed E-state index contributed by atoms with van der Waals surface area (Å²) in [5.74, 6) is 2.90. The number of carbonyl (C=O) groups excluding carboxylic acids is 1. The van der Waals surface area contributed by atoms with Gasteiger partial charge in [-0.1, -0.05) is 0 Å². The fraction of sp³-hybridized carbons (Fsp3) is 0.500. The minimum Gasteiger partial charge on any atom is -0.488 e. The predicted octanol–water partition coefficient (Wildman–Crippen LogP) is 0.587. The van der Waals surface area contributed by atoms with Crippen LogP contribution in [0.3, 0.4) is 0 Å². The molecule has 0 atom stereocenters. The van der Waals surface area contributed by atoms with Gasteiger partial charge in [-0.15, -0.1) is 11.8 Å². The van der Waals surface area contributed by atoms with Crippen LogP contribution in [0.5, 0.6) is 0 Å². The number of ether oxygens (including phenoxy) is 1. The van der Waals surface area contributed by atoms with Crippen molar-refractivity contribution in [3.8, 4) is 0 Å². The zero-order chi connectivity index (χ0) is 6.27. The Morgan fingerprint density at radius 2 is 2.33 bits per heavy atom. The Morgan fingerprint density at radius 3 is 3.11 bits per heavy atom. The molecule has 0 aromatic carbocycles. The molecule has 0 aliphatic carbocycles. The van der Waals surface area contributed by atoms with Crippen LogP contribution in [-0.4, -0.2) is 23.9 Å². The van der Waals surface area contributed by atoms with Crippen LogP contribution in [0.25, 0.3) is 0 Å². The Bertz CT molecular complexity index is 195. The van der Waals surface area contributed by atoms with E-state index in [0.29, 0.717) is 6.61 Å². The van der Waals surface area contributed by atoms with Crippen molar-refractivity contribution in [2.45, 2.75) is 0 Å². The quantitative estimate of drug-likeness (QED) is 0.495. The van der Waals surface area contributed by atoms with Gasteiger partial charge in [0, 0.05) is 11.3 Å². The summed E-state index contributed by atoms with van der Waals surface area (Å²) in [6.45, 7) is 0.297. The first kappa shape index (κ1) is 5.35. The van der Waals surface area contributed by atoms with E-state index in [0.717, 1.165) is 22.8 Å². The van der Waals surface area contributed by atoms with Crippen molar-refractivity contribution < 1.29 is 9.53 Å². The first-order valence-electron chi connectivity index (χ1n) is 2.83. The second kappa shape index (κ2) is 1.77. The lowest BCUT2D eigenvalue weighted by atomic mass is 10.2. The van der Waals surface area contributed by atoms with E-state index in [1.54, 1.807) is 11.8 Å². The minimum absolute atomic E-state index is 0.190. The van der Waals surface area contributed by atoms with Crippen molar-refractivity contribution in [2.75, 3.05) is 18.1 Å². The van der Waals surface area contributed by atoms with E-state index in [2.05, 4.69) is 0 Å². The van der Waals surface area contributed by atoms with Gasteiger partial charge >= 0.3 is 0 Å². The fourth-order valence-corrected chi connectivity index (χ4v) is 2.09. The molecule has 0 saturated heterocycles. The van der Waals surface area contributed by atoms with Crippen LogP contribution < -0.4 is 0 Å². The third-order valence-corrected chi connectivity index (χ3v) is 2.49. The molecule has 0 radical (unpaired) electrons. The molecular formula is C6H6O2S. The van der Waals surface area contributed by atoms with Crippen molar-refractivity contribution in [3.63, 3.8) is 0 Å². The molecule has 2 aliphatic heterocycles. The molecule has 9 heavy (non-hydrogen) atoms. The number of carbonyl (C=O) groups is 1. The van der Waals surface area contributed by atoms with Gasteiger partial charge in [-0.3, -0.25) is 4.79 Å². The molecule has 2 rings (SSSR count). The summed E-state index contributed by atoms with van der Waals surface area (Å²) in [7, 11) is 0. The molecule has 48 valence electrons. The Balaban J connectivity index is 2.34. The van der Waals surface area contributed by atoms with Crippen molar-refractivity contribution in [2.24, 2.45) is 0 Å². The molecule has 0 aromatic rings. The summed E-state index contributed by atoms with van der Waals surface area (Å²) in [5, 5.41) is 0. The first-order valence-corrected chi connectivity index (χ1v) is 3.99. The molecule has 0 saturated carbocycles. The van der Waals surface area contributed by atoms with E-state index in [9.17, 15) is 4.79 Å². The number of Topliss-reactive ketones (excluding diaryl/α,β-unsaturated/α-hetero) is 1. The third kappa shape index (κ3) is 0.678. The highest BCUT2D eigenvalue weighted by atomic mass is 32.2. The average Bonchev–Trinajstić information content (AvgIpc) is 2.35. The van der Waals surface area contributed by atoms with E-state index in [1.807, 2.05) is 0 Å². The van der Waals surface area contributed by atoms with Crippen molar-refractivity contribution in [1.29, 1.82) is 0 Å². The summed E-state index contributed by atoms with van der Waals surface area (Å²) < 4.78 is 5.10. The summed E-state index contributed by atoms with van der Waals surface area (Å²) >= 11 is 1.75. The summed E-state index contributed by atoms with van der Waals surface area (Å²) in [6, 6.07) is 0. The Labute approximate surface area is 57.3 Å². The maximum atomic E-state index is 10.9. The molecule has 2 nitrogen and oxygen atoms in total. The molecule has 0 spiro atoms. The molecule has 0 unspecified atom stereocenters. The lowest BCUT2D eigenvalue weighted by molar-refractivity contribution is -0.116. The highest BCUT2D eigenvalue weighted by molar-refractivity contribution is 7.99. The molecule has 0 amide bonds. The second-order valence-corrected chi connectivity index (χ2v) is 3.09. The minimum atomic E-state index is 0.190. The molecule has 2 heterocycles. The van der Waals surface area contributed by atoms with Gasteiger partial charge in [0.25, 0.3) is 0 Å². The largest absolute Gasteiger partial charge is 0.488 e. The van der Waals surface area contributed by atoms with Gasteiger partial charge in [-0.25, -0.2) is 0 Å². The van der Waals surface area contributed by atoms with Gasteiger partial charge in [-0.2, -0.15) is 0 Å². The van der Waals surface area contributed by atoms with Crippen molar-refractivity contribution in [1.82, 2.24) is 0 Å². The number of hydrogen-bond acceptors (Lipinski definition) is 3. The molecule has 0 N–H and O–H groups in total. The highest BCUT2D eigenvalue weighted by Gasteiger charge is 2.28. The zero-order valence-corrected chi connectivity index (χ0v) is 5.66. The standard InChI is InChI=1S/C6H6O2S/c7-5-1-8-6-3-9-2-4(5)6/h1-3H2. The van der Waals surface area contributed by atoms with Crippen LogP contribution in [0.15, 0.2) is 11.3 Å². The molecule has 2 aliphatic rings. The van der Waals surface area contributed by atoms with Crippen LogP contribution in [0.2, 0.25) is 0 Å². The van der Waals surface area contributed by atoms with Gasteiger partial charge in [0.2, 0.25) is 0 Å². The van der Waals surface area contributed by atoms with Crippen LogP contribution in [-0.2, 0) is 9.53 Å². The molecule has 0 bridgehead atoms. The van der Waals surface area contributed by atoms with Crippen molar-refractivity contribution in [3.05, 3.63) is 11.3 Å². The predicted molar refractivity (Wildman–Crippen MR) is 35.3 cm³/mol. The van der Waals surface area contributed by atoms with E-state index in [-0.39, 0.29) is 5.78 Å². The van der Waals surface area contributed by atoms with E-state index in [1.165, 1.54) is 0 Å². The molecule has 0 aromatic heterocycles. The SMILES string of the molecule is O=C1COC2=C1CSC2. The van der Waals surface area contributed by atoms with Gasteiger partial charge in [0.05, 0.1) is 5.75 Å². The maximum Gasteiger partial charge on any atom is 0.200 e. The number of rotatable bonds is 0. The Kier molecular flexibility index (Phi) is 1.05. The monoisotopic (exact) mass is 142 g/mol. The van der Waals surface area contributed by atoms with Crippen LogP contribution in [0, 0.1) is 0 Å². The number of ketones is 1. The topological polar surface area (TPSA) is 26.3 Å². The highest BCUT2D eigenvalue weighted by Crippen LogP contribution is 2.29. The zero-order valence-electron chi connectivity index (χ0n) is 4.85. The molecule has 3 heteroatoms. The van der Waals surface area contributed by atoms with E-state index >= 15 is 0 Å². The number of hydrogen-bond donors (Lipinski definition) is 0. The van der Waals surface area contributed by atoms with Crippen molar-refractivity contribution >= 4 is 17.5 Å². The average molecular weight is 142 g/mol. The summed E-state index contributed by atoms with van der Waals surface area (Å²) in [4.78, 5) is 10.9. The lowest BCUT2D eigenvalue weighted by Gasteiger charge is -1.94. The van der Waals surface area contributed by atoms with E-state index < -0.39 is 0 Å². The van der Waals surface area contributed by atoms with Gasteiger partial charge in [0.1, 0.15) is 5.76 Å². The normalized spacial score (nSPS) is 24.7. The smallest absolute Gasteiger partial charge is 0.200 e. The van der Waals surface area contributed by atoms with Crippen LogP contribution in [0.1, 0.15) is 0 Å². The molecule has 0 fully saturated rings. The van der Waals surface area contributed by atoms with Crippen LogP contribution in [0.4, 0.5) is 0 Å². The number of thioether (sulfide) groups is 1. The second-order valence-electron chi connectivity index (χ2n) is 2.11.